The van der Waals surface area contributed by atoms with Gasteiger partial charge in [0.15, 0.2) is 0 Å². The van der Waals surface area contributed by atoms with E-state index in [1.807, 2.05) is 0 Å². The van der Waals surface area contributed by atoms with Gasteiger partial charge in [-0.3, -0.25) is 10.1 Å². The van der Waals surface area contributed by atoms with Crippen LogP contribution in [0, 0.1) is 6.92 Å². The molecule has 2 amide bonds. The number of hydrogen-bond donors (Lipinski definition) is 2. The van der Waals surface area contributed by atoms with Crippen LogP contribution >= 0.6 is 0 Å². The van der Waals surface area contributed by atoms with Crippen LogP contribution in [0.15, 0.2) is 42.5 Å². The summed E-state index contributed by atoms with van der Waals surface area (Å²) in [6, 6.07) is 8.41. The van der Waals surface area contributed by atoms with Gasteiger partial charge in [-0.05, 0) is 36.8 Å². The third-order valence-electron chi connectivity index (χ3n) is 3.39. The molecule has 1 heterocycles. The monoisotopic (exact) mass is 367 g/mol. The van der Waals surface area contributed by atoms with Gasteiger partial charge in [-0.2, -0.15) is 13.2 Å². The molecule has 2 rings (SSSR count). The van der Waals surface area contributed by atoms with Crippen LogP contribution in [0.5, 0.6) is 0 Å². The van der Waals surface area contributed by atoms with E-state index in [1.54, 1.807) is 25.1 Å². The summed E-state index contributed by atoms with van der Waals surface area (Å²) in [5, 5.41) is 11.5. The summed E-state index contributed by atoms with van der Waals surface area (Å²) in [6.45, 7) is 0.952. The standard InChI is InChI=1S/C17H16F3N3O3/c1-11-3-2-4-14(21-11)22-16(26)23(10-15(24)25)9-12-5-7-13(8-6-12)17(18,19)20/h2-8H,9-10H2,1H3,(H,24,25)(H,21,22,26). The molecular formula is C17H16F3N3O3. The SMILES string of the molecule is Cc1cccc(NC(=O)N(CC(=O)O)Cc2ccc(C(F)(F)F)cc2)n1. The zero-order valence-electron chi connectivity index (χ0n) is 13.7. The third-order valence-corrected chi connectivity index (χ3v) is 3.39. The molecule has 0 aliphatic rings. The molecule has 6 nitrogen and oxygen atoms in total. The number of aryl methyl sites for hydroxylation is 1. The summed E-state index contributed by atoms with van der Waals surface area (Å²) < 4.78 is 37.8. The first kappa shape index (κ1) is 19.2. The molecule has 0 fully saturated rings. The van der Waals surface area contributed by atoms with E-state index in [9.17, 15) is 22.8 Å². The maximum Gasteiger partial charge on any atom is 0.416 e. The maximum absolute atomic E-state index is 12.6. The number of aliphatic carboxylic acids is 1. The highest BCUT2D eigenvalue weighted by molar-refractivity contribution is 5.90. The summed E-state index contributed by atoms with van der Waals surface area (Å²) in [6.07, 6.45) is -4.46. The average Bonchev–Trinajstić information content (AvgIpc) is 2.53. The smallest absolute Gasteiger partial charge is 0.416 e. The van der Waals surface area contributed by atoms with Crippen molar-refractivity contribution in [2.24, 2.45) is 0 Å². The lowest BCUT2D eigenvalue weighted by atomic mass is 10.1. The number of rotatable bonds is 5. The van der Waals surface area contributed by atoms with E-state index >= 15 is 0 Å². The van der Waals surface area contributed by atoms with Gasteiger partial charge in [0.25, 0.3) is 0 Å². The molecule has 9 heteroatoms. The number of nitrogens with one attached hydrogen (secondary N) is 1. The van der Waals surface area contributed by atoms with Crippen molar-refractivity contribution < 1.29 is 27.9 Å². The molecule has 0 aliphatic heterocycles. The number of hydrogen-bond acceptors (Lipinski definition) is 3. The molecule has 138 valence electrons. The quantitative estimate of drug-likeness (QED) is 0.847. The van der Waals surface area contributed by atoms with Crippen LogP contribution in [0.1, 0.15) is 16.8 Å². The minimum Gasteiger partial charge on any atom is -0.480 e. The number of benzene rings is 1. The first-order chi connectivity index (χ1) is 12.1. The van der Waals surface area contributed by atoms with Crippen molar-refractivity contribution in [1.82, 2.24) is 9.88 Å². The normalized spacial score (nSPS) is 11.1. The molecule has 0 unspecified atom stereocenters. The average molecular weight is 367 g/mol. The fraction of sp³-hybridized carbons (Fsp3) is 0.235. The van der Waals surface area contributed by atoms with E-state index in [2.05, 4.69) is 10.3 Å². The highest BCUT2D eigenvalue weighted by Gasteiger charge is 2.30. The number of carbonyl (C=O) groups is 2. The second kappa shape index (κ2) is 7.85. The van der Waals surface area contributed by atoms with Crippen LogP contribution in [0.3, 0.4) is 0 Å². The summed E-state index contributed by atoms with van der Waals surface area (Å²) in [5.41, 5.74) is 0.210. The zero-order valence-corrected chi connectivity index (χ0v) is 13.7. The second-order valence-electron chi connectivity index (χ2n) is 5.54. The Hall–Kier alpha value is -3.10. The van der Waals surface area contributed by atoms with Gasteiger partial charge in [0.2, 0.25) is 0 Å². The fourth-order valence-electron chi connectivity index (χ4n) is 2.18. The minimum atomic E-state index is -4.46. The van der Waals surface area contributed by atoms with Gasteiger partial charge < -0.3 is 10.0 Å². The predicted molar refractivity (Wildman–Crippen MR) is 87.5 cm³/mol. The van der Waals surface area contributed by atoms with Gasteiger partial charge in [-0.25, -0.2) is 9.78 Å². The Morgan fingerprint density at radius 3 is 2.35 bits per heavy atom. The number of amides is 2. The molecule has 1 aromatic heterocycles. The molecule has 2 N–H and O–H groups in total. The Morgan fingerprint density at radius 1 is 1.15 bits per heavy atom. The number of anilines is 1. The number of pyridine rings is 1. The number of carboxylic acid groups (broad SMARTS) is 1. The van der Waals surface area contributed by atoms with Crippen molar-refractivity contribution in [2.45, 2.75) is 19.6 Å². The zero-order chi connectivity index (χ0) is 19.3. The Morgan fingerprint density at radius 2 is 1.81 bits per heavy atom. The predicted octanol–water partition coefficient (Wildman–Crippen LogP) is 3.53. The van der Waals surface area contributed by atoms with Crippen molar-refractivity contribution >= 4 is 17.8 Å². The number of aromatic nitrogens is 1. The van der Waals surface area contributed by atoms with Gasteiger partial charge >= 0.3 is 18.2 Å². The van der Waals surface area contributed by atoms with Crippen molar-refractivity contribution in [1.29, 1.82) is 0 Å². The van der Waals surface area contributed by atoms with E-state index < -0.39 is 30.3 Å². The molecular weight excluding hydrogens is 351 g/mol. The van der Waals surface area contributed by atoms with Crippen LogP contribution in [0.2, 0.25) is 0 Å². The number of carboxylic acids is 1. The molecule has 0 saturated carbocycles. The van der Waals surface area contributed by atoms with Crippen LogP contribution in [-0.4, -0.2) is 33.5 Å². The van der Waals surface area contributed by atoms with E-state index in [-0.39, 0.29) is 12.4 Å². The third kappa shape index (κ3) is 5.47. The number of halogens is 3. The van der Waals surface area contributed by atoms with Crippen LogP contribution in [-0.2, 0) is 17.5 Å². The Balaban J connectivity index is 2.13. The Bertz CT molecular complexity index is 792. The summed E-state index contributed by atoms with van der Waals surface area (Å²) >= 11 is 0. The van der Waals surface area contributed by atoms with E-state index in [1.165, 1.54) is 12.1 Å². The number of nitrogens with zero attached hydrogens (tertiary/aromatic N) is 2. The molecule has 2 aromatic rings. The maximum atomic E-state index is 12.6. The van der Waals surface area contributed by atoms with Gasteiger partial charge in [0, 0.05) is 12.2 Å². The van der Waals surface area contributed by atoms with Crippen molar-refractivity contribution in [3.05, 3.63) is 59.3 Å². The summed E-state index contributed by atoms with van der Waals surface area (Å²) in [4.78, 5) is 28.4. The lowest BCUT2D eigenvalue weighted by Crippen LogP contribution is -2.38. The Kier molecular flexibility index (Phi) is 5.81. The lowest BCUT2D eigenvalue weighted by Gasteiger charge is -2.21. The van der Waals surface area contributed by atoms with Crippen LogP contribution in [0.25, 0.3) is 0 Å². The Labute approximate surface area is 147 Å². The van der Waals surface area contributed by atoms with Gasteiger partial charge in [0.1, 0.15) is 12.4 Å². The number of carbonyl (C=O) groups excluding carboxylic acids is 1. The first-order valence-corrected chi connectivity index (χ1v) is 7.52. The highest BCUT2D eigenvalue weighted by Crippen LogP contribution is 2.29. The van der Waals surface area contributed by atoms with E-state index in [0.717, 1.165) is 17.0 Å². The largest absolute Gasteiger partial charge is 0.480 e. The fourth-order valence-corrected chi connectivity index (χ4v) is 2.18. The van der Waals surface area contributed by atoms with Crippen LogP contribution < -0.4 is 5.32 Å². The minimum absolute atomic E-state index is 0.165. The number of urea groups is 1. The molecule has 0 radical (unpaired) electrons. The molecule has 0 atom stereocenters. The molecule has 26 heavy (non-hydrogen) atoms. The van der Waals surface area contributed by atoms with Gasteiger partial charge in [-0.1, -0.05) is 18.2 Å². The summed E-state index contributed by atoms with van der Waals surface area (Å²) in [5.74, 6) is -0.998. The first-order valence-electron chi connectivity index (χ1n) is 7.52. The van der Waals surface area contributed by atoms with Gasteiger partial charge in [0.05, 0.1) is 5.56 Å². The molecule has 0 bridgehead atoms. The molecule has 0 spiro atoms. The van der Waals surface area contributed by atoms with E-state index in [0.29, 0.717) is 11.3 Å². The van der Waals surface area contributed by atoms with Crippen molar-refractivity contribution in [2.75, 3.05) is 11.9 Å². The van der Waals surface area contributed by atoms with E-state index in [4.69, 9.17) is 5.11 Å². The van der Waals surface area contributed by atoms with Crippen molar-refractivity contribution in [3.8, 4) is 0 Å². The molecule has 1 aromatic carbocycles. The van der Waals surface area contributed by atoms with Crippen molar-refractivity contribution in [3.63, 3.8) is 0 Å². The molecule has 0 saturated heterocycles. The van der Waals surface area contributed by atoms with Gasteiger partial charge in [-0.15, -0.1) is 0 Å². The second-order valence-corrected chi connectivity index (χ2v) is 5.54. The highest BCUT2D eigenvalue weighted by atomic mass is 19.4. The van der Waals surface area contributed by atoms with Crippen LogP contribution in [0.4, 0.5) is 23.8 Å². The summed E-state index contributed by atoms with van der Waals surface area (Å²) in [7, 11) is 0. The molecule has 0 aliphatic carbocycles. The topological polar surface area (TPSA) is 82.5 Å². The number of alkyl halides is 3. The lowest BCUT2D eigenvalue weighted by molar-refractivity contribution is -0.138.